The molecule has 0 fully saturated rings. The first-order chi connectivity index (χ1) is 4.24. The van der Waals surface area contributed by atoms with Gasteiger partial charge in [-0.25, -0.2) is 4.68 Å². The van der Waals surface area contributed by atoms with Crippen molar-refractivity contribution in [3.8, 4) is 0 Å². The van der Waals surface area contributed by atoms with Crippen LogP contribution in [-0.4, -0.2) is 21.1 Å². The highest BCUT2D eigenvalue weighted by atomic mass is 16.1. The Morgan fingerprint density at radius 3 is 2.67 bits per heavy atom. The molecule has 0 aliphatic carbocycles. The van der Waals surface area contributed by atoms with E-state index in [0.717, 1.165) is 0 Å². The summed E-state index contributed by atoms with van der Waals surface area (Å²) in [6.07, 6.45) is 0.552. The summed E-state index contributed by atoms with van der Waals surface area (Å²) in [6.45, 7) is 0. The summed E-state index contributed by atoms with van der Waals surface area (Å²) in [4.78, 5) is 13.6. The van der Waals surface area contributed by atoms with E-state index in [-0.39, 0.29) is 11.8 Å². The standard InChI is InChI=1S/C4H6N4O/c1-8-4(5)6-3(2-9)7-8/h2H,1H3,(H2,5,6,7). The molecular formula is C4H6N4O. The molecule has 48 valence electrons. The van der Waals surface area contributed by atoms with Gasteiger partial charge in [0, 0.05) is 7.05 Å². The molecule has 1 aromatic rings. The van der Waals surface area contributed by atoms with Crippen molar-refractivity contribution in [3.63, 3.8) is 0 Å². The number of aldehydes is 1. The van der Waals surface area contributed by atoms with E-state index in [0.29, 0.717) is 6.29 Å². The van der Waals surface area contributed by atoms with E-state index in [9.17, 15) is 4.79 Å². The van der Waals surface area contributed by atoms with Crippen molar-refractivity contribution < 1.29 is 4.79 Å². The summed E-state index contributed by atoms with van der Waals surface area (Å²) >= 11 is 0. The number of anilines is 1. The lowest BCUT2D eigenvalue weighted by atomic mass is 10.7. The molecule has 0 unspecified atom stereocenters. The van der Waals surface area contributed by atoms with Crippen molar-refractivity contribution in [3.05, 3.63) is 5.82 Å². The normalized spacial score (nSPS) is 9.44. The molecule has 0 atom stereocenters. The summed E-state index contributed by atoms with van der Waals surface area (Å²) in [7, 11) is 1.62. The fraction of sp³-hybridized carbons (Fsp3) is 0.250. The van der Waals surface area contributed by atoms with Crippen molar-refractivity contribution in [1.82, 2.24) is 14.8 Å². The van der Waals surface area contributed by atoms with E-state index >= 15 is 0 Å². The van der Waals surface area contributed by atoms with E-state index in [4.69, 9.17) is 5.73 Å². The Morgan fingerprint density at radius 1 is 1.78 bits per heavy atom. The number of carbonyl (C=O) groups is 1. The largest absolute Gasteiger partial charge is 0.368 e. The Kier molecular flexibility index (Phi) is 1.18. The van der Waals surface area contributed by atoms with Crippen LogP contribution in [0.25, 0.3) is 0 Å². The van der Waals surface area contributed by atoms with E-state index in [1.807, 2.05) is 0 Å². The second-order valence-corrected chi connectivity index (χ2v) is 1.57. The van der Waals surface area contributed by atoms with Crippen LogP contribution in [-0.2, 0) is 7.05 Å². The lowest BCUT2D eigenvalue weighted by Gasteiger charge is -1.84. The van der Waals surface area contributed by atoms with Gasteiger partial charge in [-0.15, -0.1) is 5.10 Å². The van der Waals surface area contributed by atoms with Crippen molar-refractivity contribution >= 4 is 12.2 Å². The third-order valence-electron chi connectivity index (χ3n) is 0.919. The topological polar surface area (TPSA) is 73.8 Å². The molecule has 0 aliphatic heterocycles. The zero-order valence-electron chi connectivity index (χ0n) is 4.90. The molecule has 0 spiro atoms. The van der Waals surface area contributed by atoms with Gasteiger partial charge in [-0.05, 0) is 0 Å². The van der Waals surface area contributed by atoms with Crippen molar-refractivity contribution in [1.29, 1.82) is 0 Å². The Balaban J connectivity index is 3.11. The Hall–Kier alpha value is -1.39. The molecule has 0 radical (unpaired) electrons. The number of nitrogen functional groups attached to an aromatic ring is 1. The monoisotopic (exact) mass is 126 g/mol. The zero-order chi connectivity index (χ0) is 6.85. The van der Waals surface area contributed by atoms with Crippen molar-refractivity contribution in [2.75, 3.05) is 5.73 Å². The second kappa shape index (κ2) is 1.85. The minimum atomic E-state index is 0.120. The van der Waals surface area contributed by atoms with Gasteiger partial charge in [0.05, 0.1) is 0 Å². The molecule has 0 aliphatic rings. The first-order valence-corrected chi connectivity index (χ1v) is 2.35. The van der Waals surface area contributed by atoms with Gasteiger partial charge < -0.3 is 5.73 Å². The fourth-order valence-corrected chi connectivity index (χ4v) is 0.467. The van der Waals surface area contributed by atoms with Gasteiger partial charge in [-0.2, -0.15) is 4.98 Å². The van der Waals surface area contributed by atoms with Crippen LogP contribution in [0.4, 0.5) is 5.95 Å². The van der Waals surface area contributed by atoms with Crippen molar-refractivity contribution in [2.24, 2.45) is 7.05 Å². The van der Waals surface area contributed by atoms with E-state index in [1.165, 1.54) is 4.68 Å². The number of hydrogen-bond acceptors (Lipinski definition) is 4. The molecule has 0 aromatic carbocycles. The number of hydrogen-bond donors (Lipinski definition) is 1. The highest BCUT2D eigenvalue weighted by Gasteiger charge is 1.99. The lowest BCUT2D eigenvalue weighted by molar-refractivity contribution is 0.111. The molecule has 0 amide bonds. The van der Waals surface area contributed by atoms with Crippen LogP contribution in [0.2, 0.25) is 0 Å². The van der Waals surface area contributed by atoms with Crippen LogP contribution in [0.1, 0.15) is 10.6 Å². The maximum absolute atomic E-state index is 9.98. The van der Waals surface area contributed by atoms with Gasteiger partial charge in [-0.1, -0.05) is 0 Å². The Morgan fingerprint density at radius 2 is 2.44 bits per heavy atom. The summed E-state index contributed by atoms with van der Waals surface area (Å²) in [6, 6.07) is 0. The number of aryl methyl sites for hydroxylation is 1. The van der Waals surface area contributed by atoms with E-state index < -0.39 is 0 Å². The number of rotatable bonds is 1. The predicted octanol–water partition coefficient (Wildman–Crippen LogP) is -0.790. The maximum atomic E-state index is 9.98. The molecule has 5 nitrogen and oxygen atoms in total. The van der Waals surface area contributed by atoms with Crippen LogP contribution < -0.4 is 5.73 Å². The fourth-order valence-electron chi connectivity index (χ4n) is 0.467. The zero-order valence-corrected chi connectivity index (χ0v) is 4.90. The molecule has 9 heavy (non-hydrogen) atoms. The Bertz CT molecular complexity index is 209. The van der Waals surface area contributed by atoms with Crippen LogP contribution in [0, 0.1) is 0 Å². The quantitative estimate of drug-likeness (QED) is 0.500. The average Bonchev–Trinajstić information content (AvgIpc) is 2.13. The third kappa shape index (κ3) is 0.883. The minimum absolute atomic E-state index is 0.120. The highest BCUT2D eigenvalue weighted by Crippen LogP contribution is 1.92. The summed E-state index contributed by atoms with van der Waals surface area (Å²) in [5, 5.41) is 3.64. The van der Waals surface area contributed by atoms with Gasteiger partial charge in [0.15, 0.2) is 6.29 Å². The maximum Gasteiger partial charge on any atom is 0.218 e. The lowest BCUT2D eigenvalue weighted by Crippen LogP contribution is -1.97. The van der Waals surface area contributed by atoms with Gasteiger partial charge in [-0.3, -0.25) is 4.79 Å². The molecule has 1 heterocycles. The first kappa shape index (κ1) is 5.74. The Labute approximate surface area is 51.5 Å². The molecule has 0 saturated heterocycles. The van der Waals surface area contributed by atoms with Gasteiger partial charge in [0.2, 0.25) is 11.8 Å². The number of carbonyl (C=O) groups excluding carboxylic acids is 1. The van der Waals surface area contributed by atoms with Gasteiger partial charge >= 0.3 is 0 Å². The van der Waals surface area contributed by atoms with Crippen LogP contribution in [0.5, 0.6) is 0 Å². The smallest absolute Gasteiger partial charge is 0.218 e. The second-order valence-electron chi connectivity index (χ2n) is 1.57. The number of aromatic nitrogens is 3. The average molecular weight is 126 g/mol. The molecule has 1 rings (SSSR count). The summed E-state index contributed by atoms with van der Waals surface area (Å²) in [5.74, 6) is 0.368. The highest BCUT2D eigenvalue weighted by molar-refractivity contribution is 5.69. The molecule has 1 aromatic heterocycles. The minimum Gasteiger partial charge on any atom is -0.368 e. The summed E-state index contributed by atoms with van der Waals surface area (Å²) < 4.78 is 1.34. The number of nitrogens with zero attached hydrogens (tertiary/aromatic N) is 3. The van der Waals surface area contributed by atoms with Gasteiger partial charge in [0.1, 0.15) is 0 Å². The number of nitrogens with two attached hydrogens (primary N) is 1. The van der Waals surface area contributed by atoms with E-state index in [1.54, 1.807) is 7.05 Å². The molecular weight excluding hydrogens is 120 g/mol. The van der Waals surface area contributed by atoms with Crippen LogP contribution in [0.3, 0.4) is 0 Å². The molecule has 0 saturated carbocycles. The summed E-state index contributed by atoms with van der Waals surface area (Å²) in [5.41, 5.74) is 5.25. The van der Waals surface area contributed by atoms with E-state index in [2.05, 4.69) is 10.1 Å². The SMILES string of the molecule is Cn1nc(C=O)nc1N. The van der Waals surface area contributed by atoms with Crippen molar-refractivity contribution in [2.45, 2.75) is 0 Å². The third-order valence-corrected chi connectivity index (χ3v) is 0.919. The molecule has 0 bridgehead atoms. The first-order valence-electron chi connectivity index (χ1n) is 2.35. The van der Waals surface area contributed by atoms with Crippen LogP contribution in [0.15, 0.2) is 0 Å². The molecule has 2 N–H and O–H groups in total. The van der Waals surface area contributed by atoms with Crippen LogP contribution >= 0.6 is 0 Å². The molecule has 5 heteroatoms. The van der Waals surface area contributed by atoms with Gasteiger partial charge in [0.25, 0.3) is 0 Å². The predicted molar refractivity (Wildman–Crippen MR) is 30.8 cm³/mol.